The Balaban J connectivity index is 1.97. The Bertz CT molecular complexity index is 886. The van der Waals surface area contributed by atoms with Crippen molar-refractivity contribution >= 4 is 24.5 Å². The first-order valence-electron chi connectivity index (χ1n) is 8.44. The molecule has 7 nitrogen and oxygen atoms in total. The zero-order chi connectivity index (χ0) is 20.5. The Labute approximate surface area is 162 Å². The fraction of sp³-hybridized carbons (Fsp3) is 0.238. The number of ether oxygens (including phenoxy) is 3. The second-order valence-corrected chi connectivity index (χ2v) is 5.86. The molecule has 7 heteroatoms. The fourth-order valence-electron chi connectivity index (χ4n) is 2.62. The van der Waals surface area contributed by atoms with E-state index in [2.05, 4.69) is 9.47 Å². The molecule has 0 aliphatic heterocycles. The van der Waals surface area contributed by atoms with Crippen LogP contribution in [0.3, 0.4) is 0 Å². The van der Waals surface area contributed by atoms with Crippen LogP contribution in [-0.4, -0.2) is 45.3 Å². The van der Waals surface area contributed by atoms with E-state index in [0.717, 1.165) is 11.1 Å². The van der Waals surface area contributed by atoms with Gasteiger partial charge < -0.3 is 14.2 Å². The van der Waals surface area contributed by atoms with E-state index in [-0.39, 0.29) is 28.9 Å². The molecule has 2 aromatic carbocycles. The standard InChI is InChI=1S/C21H20O7/c1-26-20(24)18-6-4-15(9-17(18)12-23)13-28-8-7-14-3-5-16(11-22)19(10-14)21(25)27-2/h3-6,9-12H,7-8,13H2,1-2H3. The number of hydrogen-bond acceptors (Lipinski definition) is 7. The van der Waals surface area contributed by atoms with Gasteiger partial charge in [-0.3, -0.25) is 9.59 Å². The topological polar surface area (TPSA) is 96.0 Å². The molecule has 2 aromatic rings. The maximum atomic E-state index is 11.7. The molecule has 0 atom stereocenters. The quantitative estimate of drug-likeness (QED) is 0.372. The fourth-order valence-corrected chi connectivity index (χ4v) is 2.62. The third-order valence-electron chi connectivity index (χ3n) is 4.10. The average Bonchev–Trinajstić information content (AvgIpc) is 2.75. The van der Waals surface area contributed by atoms with Gasteiger partial charge in [-0.05, 0) is 35.7 Å². The highest BCUT2D eigenvalue weighted by Crippen LogP contribution is 2.15. The van der Waals surface area contributed by atoms with E-state index < -0.39 is 11.9 Å². The molecular formula is C21H20O7. The summed E-state index contributed by atoms with van der Waals surface area (Å²) in [5.41, 5.74) is 2.47. The van der Waals surface area contributed by atoms with Crippen LogP contribution in [0.2, 0.25) is 0 Å². The van der Waals surface area contributed by atoms with Crippen molar-refractivity contribution in [1.82, 2.24) is 0 Å². The van der Waals surface area contributed by atoms with Gasteiger partial charge in [0, 0.05) is 11.1 Å². The van der Waals surface area contributed by atoms with E-state index in [0.29, 0.717) is 25.6 Å². The van der Waals surface area contributed by atoms with Gasteiger partial charge in [0.2, 0.25) is 0 Å². The number of methoxy groups -OCH3 is 2. The van der Waals surface area contributed by atoms with Gasteiger partial charge in [-0.15, -0.1) is 0 Å². The van der Waals surface area contributed by atoms with E-state index in [1.54, 1.807) is 30.3 Å². The molecule has 28 heavy (non-hydrogen) atoms. The van der Waals surface area contributed by atoms with Gasteiger partial charge in [0.15, 0.2) is 12.6 Å². The second-order valence-electron chi connectivity index (χ2n) is 5.86. The summed E-state index contributed by atoms with van der Waals surface area (Å²) in [6, 6.07) is 9.70. The number of benzene rings is 2. The highest BCUT2D eigenvalue weighted by molar-refractivity contribution is 5.99. The van der Waals surface area contributed by atoms with Crippen molar-refractivity contribution in [2.75, 3.05) is 20.8 Å². The highest BCUT2D eigenvalue weighted by atomic mass is 16.5. The third kappa shape index (κ3) is 5.11. The summed E-state index contributed by atoms with van der Waals surface area (Å²) < 4.78 is 14.9. The van der Waals surface area contributed by atoms with Crippen molar-refractivity contribution in [2.24, 2.45) is 0 Å². The molecule has 0 saturated carbocycles. The minimum Gasteiger partial charge on any atom is -0.465 e. The number of aldehydes is 2. The minimum atomic E-state index is -0.574. The Morgan fingerprint density at radius 2 is 1.46 bits per heavy atom. The summed E-state index contributed by atoms with van der Waals surface area (Å²) in [5.74, 6) is -1.15. The number of esters is 2. The molecule has 0 fully saturated rings. The molecule has 0 amide bonds. The molecule has 0 N–H and O–H groups in total. The van der Waals surface area contributed by atoms with Crippen LogP contribution in [0.1, 0.15) is 52.6 Å². The molecule has 0 heterocycles. The Morgan fingerprint density at radius 3 is 2.11 bits per heavy atom. The zero-order valence-electron chi connectivity index (χ0n) is 15.6. The monoisotopic (exact) mass is 384 g/mol. The lowest BCUT2D eigenvalue weighted by molar-refractivity contribution is 0.0590. The molecular weight excluding hydrogens is 364 g/mol. The van der Waals surface area contributed by atoms with Crippen molar-refractivity contribution < 1.29 is 33.4 Å². The molecule has 0 aliphatic rings. The first kappa shape index (κ1) is 21.0. The predicted octanol–water partition coefficient (Wildman–Crippen LogP) is 2.64. The summed E-state index contributed by atoms with van der Waals surface area (Å²) in [4.78, 5) is 45.5. The van der Waals surface area contributed by atoms with Gasteiger partial charge >= 0.3 is 11.9 Å². The van der Waals surface area contributed by atoms with Crippen LogP contribution in [0.15, 0.2) is 36.4 Å². The van der Waals surface area contributed by atoms with E-state index >= 15 is 0 Å². The molecule has 2 rings (SSSR count). The van der Waals surface area contributed by atoms with Crippen molar-refractivity contribution in [1.29, 1.82) is 0 Å². The lowest BCUT2D eigenvalue weighted by atomic mass is 10.0. The van der Waals surface area contributed by atoms with E-state index in [9.17, 15) is 19.2 Å². The van der Waals surface area contributed by atoms with Gasteiger partial charge in [-0.25, -0.2) is 9.59 Å². The maximum absolute atomic E-state index is 11.7. The van der Waals surface area contributed by atoms with Gasteiger partial charge in [0.25, 0.3) is 0 Å². The van der Waals surface area contributed by atoms with Crippen molar-refractivity contribution in [3.8, 4) is 0 Å². The zero-order valence-corrected chi connectivity index (χ0v) is 15.6. The van der Waals surface area contributed by atoms with Crippen molar-refractivity contribution in [3.05, 3.63) is 69.8 Å². The molecule has 0 unspecified atom stereocenters. The normalized spacial score (nSPS) is 10.2. The minimum absolute atomic E-state index is 0.201. The molecule has 146 valence electrons. The number of carbonyl (C=O) groups is 4. The van der Waals surface area contributed by atoms with Crippen LogP contribution in [0.5, 0.6) is 0 Å². The number of rotatable bonds is 9. The summed E-state index contributed by atoms with van der Waals surface area (Å²) in [5, 5.41) is 0. The second kappa shape index (κ2) is 10.1. The summed E-state index contributed by atoms with van der Waals surface area (Å²) in [7, 11) is 2.51. The average molecular weight is 384 g/mol. The molecule has 0 spiro atoms. The lowest BCUT2D eigenvalue weighted by Crippen LogP contribution is -2.08. The van der Waals surface area contributed by atoms with E-state index in [1.165, 1.54) is 20.3 Å². The molecule has 0 bridgehead atoms. The Hall–Kier alpha value is -3.32. The largest absolute Gasteiger partial charge is 0.465 e. The third-order valence-corrected chi connectivity index (χ3v) is 4.10. The van der Waals surface area contributed by atoms with Crippen LogP contribution in [0, 0.1) is 0 Å². The van der Waals surface area contributed by atoms with Gasteiger partial charge in [0.05, 0.1) is 38.6 Å². The van der Waals surface area contributed by atoms with Crippen LogP contribution >= 0.6 is 0 Å². The van der Waals surface area contributed by atoms with Crippen LogP contribution in [0.4, 0.5) is 0 Å². The molecule has 0 aromatic heterocycles. The molecule has 0 aliphatic carbocycles. The predicted molar refractivity (Wildman–Crippen MR) is 99.7 cm³/mol. The van der Waals surface area contributed by atoms with Crippen LogP contribution < -0.4 is 0 Å². The van der Waals surface area contributed by atoms with E-state index in [4.69, 9.17) is 4.74 Å². The van der Waals surface area contributed by atoms with E-state index in [1.807, 2.05) is 0 Å². The first-order valence-corrected chi connectivity index (χ1v) is 8.44. The summed E-state index contributed by atoms with van der Waals surface area (Å²) in [6.45, 7) is 0.606. The smallest absolute Gasteiger partial charge is 0.338 e. The Morgan fingerprint density at radius 1 is 0.821 bits per heavy atom. The van der Waals surface area contributed by atoms with Crippen molar-refractivity contribution in [3.63, 3.8) is 0 Å². The van der Waals surface area contributed by atoms with Crippen LogP contribution in [0.25, 0.3) is 0 Å². The summed E-state index contributed by atoms with van der Waals surface area (Å²) >= 11 is 0. The summed E-state index contributed by atoms with van der Waals surface area (Å²) in [6.07, 6.45) is 1.72. The number of carbonyl (C=O) groups excluding carboxylic acids is 4. The van der Waals surface area contributed by atoms with Crippen LogP contribution in [-0.2, 0) is 27.2 Å². The first-order chi connectivity index (χ1) is 13.5. The van der Waals surface area contributed by atoms with Gasteiger partial charge in [-0.1, -0.05) is 18.2 Å². The Kier molecular flexibility index (Phi) is 7.59. The van der Waals surface area contributed by atoms with Crippen molar-refractivity contribution in [2.45, 2.75) is 13.0 Å². The van der Waals surface area contributed by atoms with Gasteiger partial charge in [-0.2, -0.15) is 0 Å². The maximum Gasteiger partial charge on any atom is 0.338 e. The molecule has 0 radical (unpaired) electrons. The highest BCUT2D eigenvalue weighted by Gasteiger charge is 2.13. The molecule has 0 saturated heterocycles. The van der Waals surface area contributed by atoms with Gasteiger partial charge in [0.1, 0.15) is 0 Å². The SMILES string of the molecule is COC(=O)c1ccc(COCCc2ccc(C=O)c(C(=O)OC)c2)cc1C=O. The lowest BCUT2D eigenvalue weighted by Gasteiger charge is -2.09. The number of hydrogen-bond donors (Lipinski definition) is 0.